The lowest BCUT2D eigenvalue weighted by atomic mass is 10.1. The number of halogens is 1. The van der Waals surface area contributed by atoms with Crippen LogP contribution in [0, 0.1) is 0 Å². The maximum absolute atomic E-state index is 12.9. The zero-order chi connectivity index (χ0) is 18.8. The Labute approximate surface area is 156 Å². The summed E-state index contributed by atoms with van der Waals surface area (Å²) in [5, 5.41) is 8.86. The number of amides is 1. The highest BCUT2D eigenvalue weighted by Gasteiger charge is 2.20. The van der Waals surface area contributed by atoms with E-state index >= 15 is 0 Å². The van der Waals surface area contributed by atoms with Crippen LogP contribution in [0.1, 0.15) is 48.9 Å². The summed E-state index contributed by atoms with van der Waals surface area (Å²) in [7, 11) is 0. The molecule has 0 saturated carbocycles. The van der Waals surface area contributed by atoms with Crippen LogP contribution >= 0.6 is 11.6 Å². The maximum Gasteiger partial charge on any atom is 0.274 e. The third-order valence-electron chi connectivity index (χ3n) is 4.25. The fourth-order valence-corrected chi connectivity index (χ4v) is 3.19. The molecular weight excluding hydrogens is 350 g/mol. The van der Waals surface area contributed by atoms with Gasteiger partial charge in [0.2, 0.25) is 0 Å². The van der Waals surface area contributed by atoms with Crippen molar-refractivity contribution in [1.29, 1.82) is 0 Å². The summed E-state index contributed by atoms with van der Waals surface area (Å²) < 4.78 is 1.34. The number of rotatable bonds is 4. The molecule has 5 nitrogen and oxygen atoms in total. The Bertz CT molecular complexity index is 1030. The minimum atomic E-state index is -0.344. The lowest BCUT2D eigenvalue weighted by molar-refractivity contribution is 0.0934. The highest BCUT2D eigenvalue weighted by Crippen LogP contribution is 2.23. The van der Waals surface area contributed by atoms with Gasteiger partial charge < -0.3 is 5.32 Å². The second-order valence-corrected chi connectivity index (χ2v) is 6.86. The molecule has 3 aromatic rings. The van der Waals surface area contributed by atoms with Crippen molar-refractivity contribution >= 4 is 28.3 Å². The van der Waals surface area contributed by atoms with Gasteiger partial charge >= 0.3 is 0 Å². The average Bonchev–Trinajstić information content (AvgIpc) is 2.62. The first-order valence-corrected chi connectivity index (χ1v) is 8.84. The zero-order valence-electron chi connectivity index (χ0n) is 14.9. The Morgan fingerprint density at radius 3 is 2.31 bits per heavy atom. The van der Waals surface area contributed by atoms with Crippen LogP contribution < -0.4 is 10.9 Å². The molecule has 26 heavy (non-hydrogen) atoms. The molecule has 1 heterocycles. The number of hydrogen-bond acceptors (Lipinski definition) is 3. The van der Waals surface area contributed by atoms with Crippen LogP contribution in [0.5, 0.6) is 0 Å². The first kappa shape index (κ1) is 18.1. The van der Waals surface area contributed by atoms with Crippen molar-refractivity contribution < 1.29 is 4.79 Å². The number of benzene rings is 2. The predicted octanol–water partition coefficient (Wildman–Crippen LogP) is 4.12. The monoisotopic (exact) mass is 369 g/mol. The Morgan fingerprint density at radius 2 is 1.65 bits per heavy atom. The van der Waals surface area contributed by atoms with E-state index in [1.54, 1.807) is 30.3 Å². The molecule has 0 aliphatic carbocycles. The summed E-state index contributed by atoms with van der Waals surface area (Å²) in [6, 6.07) is 13.9. The van der Waals surface area contributed by atoms with Crippen molar-refractivity contribution in [3.63, 3.8) is 0 Å². The van der Waals surface area contributed by atoms with E-state index in [0.717, 1.165) is 5.56 Å². The smallest absolute Gasteiger partial charge is 0.274 e. The van der Waals surface area contributed by atoms with Crippen molar-refractivity contribution in [2.24, 2.45) is 0 Å². The SMILES string of the molecule is CC(NC(=O)c1nn(C(C)C)c(=O)c2ccccc12)c1ccccc1Cl. The number of carbonyl (C=O) groups excluding carboxylic acids is 1. The number of carbonyl (C=O) groups is 1. The van der Waals surface area contributed by atoms with E-state index in [-0.39, 0.29) is 29.2 Å². The van der Waals surface area contributed by atoms with Gasteiger partial charge in [0.05, 0.1) is 17.5 Å². The van der Waals surface area contributed by atoms with Gasteiger partial charge in [-0.2, -0.15) is 5.10 Å². The lowest BCUT2D eigenvalue weighted by Crippen LogP contribution is -2.32. The maximum atomic E-state index is 12.9. The molecule has 0 radical (unpaired) electrons. The minimum Gasteiger partial charge on any atom is -0.344 e. The summed E-state index contributed by atoms with van der Waals surface area (Å²) in [5.74, 6) is -0.344. The Morgan fingerprint density at radius 1 is 1.04 bits per heavy atom. The van der Waals surface area contributed by atoms with Gasteiger partial charge in [-0.1, -0.05) is 48.0 Å². The number of nitrogens with zero attached hydrogens (tertiary/aromatic N) is 2. The zero-order valence-corrected chi connectivity index (χ0v) is 15.6. The molecule has 0 spiro atoms. The molecule has 0 bridgehead atoms. The summed E-state index contributed by atoms with van der Waals surface area (Å²) in [6.07, 6.45) is 0. The normalized spacial score (nSPS) is 12.3. The molecule has 134 valence electrons. The number of nitrogens with one attached hydrogen (secondary N) is 1. The molecule has 1 unspecified atom stereocenters. The quantitative estimate of drug-likeness (QED) is 0.752. The largest absolute Gasteiger partial charge is 0.344 e. The summed E-state index contributed by atoms with van der Waals surface area (Å²) in [4.78, 5) is 25.5. The van der Waals surface area contributed by atoms with E-state index in [0.29, 0.717) is 15.8 Å². The van der Waals surface area contributed by atoms with E-state index in [2.05, 4.69) is 10.4 Å². The van der Waals surface area contributed by atoms with E-state index in [1.165, 1.54) is 4.68 Å². The average molecular weight is 370 g/mol. The second-order valence-electron chi connectivity index (χ2n) is 6.45. The number of hydrogen-bond donors (Lipinski definition) is 1. The molecule has 3 rings (SSSR count). The predicted molar refractivity (Wildman–Crippen MR) is 104 cm³/mol. The molecule has 1 N–H and O–H groups in total. The van der Waals surface area contributed by atoms with Gasteiger partial charge in [0.1, 0.15) is 0 Å². The molecule has 1 aromatic heterocycles. The summed E-state index contributed by atoms with van der Waals surface area (Å²) in [5.41, 5.74) is 0.850. The Hall–Kier alpha value is -2.66. The van der Waals surface area contributed by atoms with Gasteiger partial charge in [0.25, 0.3) is 11.5 Å². The van der Waals surface area contributed by atoms with Crippen molar-refractivity contribution in [2.45, 2.75) is 32.9 Å². The van der Waals surface area contributed by atoms with Crippen molar-refractivity contribution in [2.75, 3.05) is 0 Å². The van der Waals surface area contributed by atoms with Gasteiger partial charge in [-0.05, 0) is 38.5 Å². The van der Waals surface area contributed by atoms with Crippen LogP contribution in [-0.4, -0.2) is 15.7 Å². The van der Waals surface area contributed by atoms with Crippen LogP contribution in [0.4, 0.5) is 0 Å². The minimum absolute atomic E-state index is 0.153. The fourth-order valence-electron chi connectivity index (χ4n) is 2.89. The first-order chi connectivity index (χ1) is 12.4. The van der Waals surface area contributed by atoms with Gasteiger partial charge in [-0.15, -0.1) is 0 Å². The molecule has 0 fully saturated rings. The van der Waals surface area contributed by atoms with Crippen molar-refractivity contribution in [1.82, 2.24) is 15.1 Å². The van der Waals surface area contributed by atoms with Crippen LogP contribution in [-0.2, 0) is 0 Å². The van der Waals surface area contributed by atoms with Gasteiger partial charge in [0.15, 0.2) is 5.69 Å². The van der Waals surface area contributed by atoms with Crippen LogP contribution in [0.25, 0.3) is 10.8 Å². The molecule has 1 amide bonds. The molecule has 1 atom stereocenters. The number of fused-ring (bicyclic) bond motifs is 1. The third-order valence-corrected chi connectivity index (χ3v) is 4.60. The van der Waals surface area contributed by atoms with Crippen LogP contribution in [0.2, 0.25) is 5.02 Å². The van der Waals surface area contributed by atoms with Crippen LogP contribution in [0.3, 0.4) is 0 Å². The summed E-state index contributed by atoms with van der Waals surface area (Å²) >= 11 is 6.22. The molecular formula is C20H20ClN3O2. The van der Waals surface area contributed by atoms with E-state index in [1.807, 2.05) is 39.0 Å². The fraction of sp³-hybridized carbons (Fsp3) is 0.250. The van der Waals surface area contributed by atoms with Gasteiger partial charge in [-0.3, -0.25) is 9.59 Å². The third kappa shape index (κ3) is 3.35. The Balaban J connectivity index is 2.04. The second kappa shape index (κ2) is 7.30. The standard InChI is InChI=1S/C20H20ClN3O2/c1-12(2)24-20(26)16-10-5-4-9-15(16)18(23-24)19(25)22-13(3)14-8-6-7-11-17(14)21/h4-13H,1-3H3,(H,22,25). The molecule has 6 heteroatoms. The van der Waals surface area contributed by atoms with E-state index in [4.69, 9.17) is 11.6 Å². The topological polar surface area (TPSA) is 64.0 Å². The molecule has 2 aromatic carbocycles. The first-order valence-electron chi connectivity index (χ1n) is 8.47. The summed E-state index contributed by atoms with van der Waals surface area (Å²) in [6.45, 7) is 5.58. The molecule has 0 saturated heterocycles. The van der Waals surface area contributed by atoms with Crippen molar-refractivity contribution in [3.8, 4) is 0 Å². The van der Waals surface area contributed by atoms with E-state index < -0.39 is 0 Å². The highest BCUT2D eigenvalue weighted by atomic mass is 35.5. The number of aromatic nitrogens is 2. The highest BCUT2D eigenvalue weighted by molar-refractivity contribution is 6.31. The van der Waals surface area contributed by atoms with Gasteiger partial charge in [0, 0.05) is 10.4 Å². The van der Waals surface area contributed by atoms with E-state index in [9.17, 15) is 9.59 Å². The lowest BCUT2D eigenvalue weighted by Gasteiger charge is -2.17. The molecule has 0 aliphatic rings. The van der Waals surface area contributed by atoms with Crippen molar-refractivity contribution in [3.05, 3.63) is 75.2 Å². The van der Waals surface area contributed by atoms with Gasteiger partial charge in [-0.25, -0.2) is 4.68 Å². The molecule has 0 aliphatic heterocycles. The van der Waals surface area contributed by atoms with Crippen LogP contribution in [0.15, 0.2) is 53.3 Å². The Kier molecular flexibility index (Phi) is 5.09.